The summed E-state index contributed by atoms with van der Waals surface area (Å²) in [6.07, 6.45) is 4.11. The number of rotatable bonds is 5. The van der Waals surface area contributed by atoms with E-state index >= 15 is 0 Å². The zero-order valence-electron chi connectivity index (χ0n) is 14.5. The molecule has 1 aromatic carbocycles. The second kappa shape index (κ2) is 8.77. The molecule has 2 rings (SSSR count). The van der Waals surface area contributed by atoms with Gasteiger partial charge in [-0.15, -0.1) is 0 Å². The minimum atomic E-state index is 0.0623. The van der Waals surface area contributed by atoms with E-state index in [2.05, 4.69) is 30.4 Å². The van der Waals surface area contributed by atoms with Gasteiger partial charge in [-0.2, -0.15) is 0 Å². The van der Waals surface area contributed by atoms with Gasteiger partial charge >= 0.3 is 6.03 Å². The Kier molecular flexibility index (Phi) is 6.71. The van der Waals surface area contributed by atoms with Crippen LogP contribution in [0.1, 0.15) is 24.8 Å². The highest BCUT2D eigenvalue weighted by Crippen LogP contribution is 2.15. The summed E-state index contributed by atoms with van der Waals surface area (Å²) in [6, 6.07) is 8.63. The van der Waals surface area contributed by atoms with Gasteiger partial charge in [-0.3, -0.25) is 0 Å². The van der Waals surface area contributed by atoms with Crippen molar-refractivity contribution in [2.45, 2.75) is 31.7 Å². The molecule has 0 aliphatic carbocycles. The Hall–Kier alpha value is -1.75. The van der Waals surface area contributed by atoms with Crippen LogP contribution in [0, 0.1) is 0 Å². The highest BCUT2D eigenvalue weighted by atomic mass is 16.5. The lowest BCUT2D eigenvalue weighted by Gasteiger charge is -2.23. The maximum atomic E-state index is 12.3. The molecule has 1 aliphatic heterocycles. The normalized spacial score (nSPS) is 18.6. The number of carbonyl (C=O) groups is 1. The molecule has 1 aliphatic rings. The number of urea groups is 1. The van der Waals surface area contributed by atoms with Gasteiger partial charge in [0.25, 0.3) is 0 Å². The number of benzene rings is 1. The monoisotopic (exact) mass is 319 g/mol. The summed E-state index contributed by atoms with van der Waals surface area (Å²) in [5.74, 6) is 0.857. The minimum absolute atomic E-state index is 0.0623. The minimum Gasteiger partial charge on any atom is -0.497 e. The number of hydrogen-bond acceptors (Lipinski definition) is 3. The Morgan fingerprint density at radius 1 is 1.35 bits per heavy atom. The van der Waals surface area contributed by atoms with E-state index in [9.17, 15) is 4.79 Å². The van der Waals surface area contributed by atoms with Gasteiger partial charge in [0, 0.05) is 25.7 Å². The van der Waals surface area contributed by atoms with E-state index in [0.717, 1.165) is 38.1 Å². The Bertz CT molecular complexity index is 505. The van der Waals surface area contributed by atoms with E-state index in [4.69, 9.17) is 4.74 Å². The summed E-state index contributed by atoms with van der Waals surface area (Å²) < 4.78 is 5.22. The molecule has 1 fully saturated rings. The number of hydrogen-bond donors (Lipinski definition) is 1. The molecule has 0 radical (unpaired) electrons. The van der Waals surface area contributed by atoms with Crippen LogP contribution in [-0.2, 0) is 6.42 Å². The van der Waals surface area contributed by atoms with Crippen LogP contribution in [0.3, 0.4) is 0 Å². The molecular formula is C18H29N3O2. The zero-order chi connectivity index (χ0) is 16.7. The fourth-order valence-corrected chi connectivity index (χ4v) is 3.05. The summed E-state index contributed by atoms with van der Waals surface area (Å²) in [5.41, 5.74) is 1.17. The number of amides is 2. The summed E-state index contributed by atoms with van der Waals surface area (Å²) >= 11 is 0. The molecule has 1 atom stereocenters. The summed E-state index contributed by atoms with van der Waals surface area (Å²) in [4.78, 5) is 16.5. The van der Waals surface area contributed by atoms with Gasteiger partial charge in [0.2, 0.25) is 0 Å². The number of methoxy groups -OCH3 is 1. The maximum Gasteiger partial charge on any atom is 0.317 e. The Labute approximate surface area is 139 Å². The van der Waals surface area contributed by atoms with Crippen molar-refractivity contribution in [3.8, 4) is 5.75 Å². The number of carbonyl (C=O) groups excluding carboxylic acids is 1. The van der Waals surface area contributed by atoms with Gasteiger partial charge < -0.3 is 19.9 Å². The quantitative estimate of drug-likeness (QED) is 0.906. The predicted molar refractivity (Wildman–Crippen MR) is 93.0 cm³/mol. The van der Waals surface area contributed by atoms with E-state index < -0.39 is 0 Å². The molecule has 1 heterocycles. The predicted octanol–water partition coefficient (Wildman–Crippen LogP) is 2.36. The fraction of sp³-hybridized carbons (Fsp3) is 0.611. The molecule has 1 saturated heterocycles. The standard InChI is InChI=1S/C18H29N3O2/c1-20(2)16-7-5-12-21(13-10-16)18(22)19-11-9-15-6-4-8-17(14-15)23-3/h4,6,8,14,16H,5,7,9-13H2,1-3H3,(H,19,22). The molecule has 0 saturated carbocycles. The molecular weight excluding hydrogens is 290 g/mol. The van der Waals surface area contributed by atoms with Gasteiger partial charge in [0.15, 0.2) is 0 Å². The van der Waals surface area contributed by atoms with Crippen molar-refractivity contribution >= 4 is 6.03 Å². The Morgan fingerprint density at radius 2 is 2.17 bits per heavy atom. The van der Waals surface area contributed by atoms with E-state index in [0.29, 0.717) is 12.6 Å². The number of ether oxygens (including phenoxy) is 1. The van der Waals surface area contributed by atoms with E-state index in [1.165, 1.54) is 12.0 Å². The smallest absolute Gasteiger partial charge is 0.317 e. The molecule has 1 unspecified atom stereocenters. The number of nitrogens with one attached hydrogen (secondary N) is 1. The highest BCUT2D eigenvalue weighted by Gasteiger charge is 2.21. The van der Waals surface area contributed by atoms with Gasteiger partial charge in [-0.05, 0) is 57.5 Å². The van der Waals surface area contributed by atoms with Crippen molar-refractivity contribution in [2.24, 2.45) is 0 Å². The molecule has 1 N–H and O–H groups in total. The molecule has 5 heteroatoms. The average Bonchev–Trinajstić information content (AvgIpc) is 2.81. The zero-order valence-corrected chi connectivity index (χ0v) is 14.5. The van der Waals surface area contributed by atoms with Crippen molar-refractivity contribution in [3.05, 3.63) is 29.8 Å². The first-order chi connectivity index (χ1) is 11.1. The second-order valence-electron chi connectivity index (χ2n) is 6.37. The van der Waals surface area contributed by atoms with Crippen LogP contribution in [0.25, 0.3) is 0 Å². The number of nitrogens with zero attached hydrogens (tertiary/aromatic N) is 2. The lowest BCUT2D eigenvalue weighted by atomic mass is 10.1. The van der Waals surface area contributed by atoms with E-state index in [1.807, 2.05) is 23.1 Å². The van der Waals surface area contributed by atoms with E-state index in [-0.39, 0.29) is 6.03 Å². The fourth-order valence-electron chi connectivity index (χ4n) is 3.05. The van der Waals surface area contributed by atoms with Crippen LogP contribution < -0.4 is 10.1 Å². The largest absolute Gasteiger partial charge is 0.497 e. The van der Waals surface area contributed by atoms with Crippen LogP contribution in [0.4, 0.5) is 4.79 Å². The molecule has 5 nitrogen and oxygen atoms in total. The van der Waals surface area contributed by atoms with Gasteiger partial charge in [0.05, 0.1) is 7.11 Å². The van der Waals surface area contributed by atoms with Crippen LogP contribution in [0.15, 0.2) is 24.3 Å². The molecule has 0 bridgehead atoms. The lowest BCUT2D eigenvalue weighted by molar-refractivity contribution is 0.197. The number of likely N-dealkylation sites (tertiary alicyclic amines) is 1. The molecule has 1 aromatic rings. The Morgan fingerprint density at radius 3 is 2.91 bits per heavy atom. The van der Waals surface area contributed by atoms with Crippen molar-refractivity contribution in [1.29, 1.82) is 0 Å². The first-order valence-corrected chi connectivity index (χ1v) is 8.42. The Balaban J connectivity index is 1.76. The first kappa shape index (κ1) is 17.6. The van der Waals surface area contributed by atoms with Crippen LogP contribution in [-0.4, -0.2) is 62.7 Å². The third-order valence-electron chi connectivity index (χ3n) is 4.54. The highest BCUT2D eigenvalue weighted by molar-refractivity contribution is 5.74. The maximum absolute atomic E-state index is 12.3. The van der Waals surface area contributed by atoms with Gasteiger partial charge in [-0.1, -0.05) is 12.1 Å². The van der Waals surface area contributed by atoms with Crippen molar-refractivity contribution in [1.82, 2.24) is 15.1 Å². The SMILES string of the molecule is COc1cccc(CCNC(=O)N2CCCC(N(C)C)CC2)c1. The first-order valence-electron chi connectivity index (χ1n) is 8.42. The molecule has 0 aromatic heterocycles. The van der Waals surface area contributed by atoms with Crippen LogP contribution in [0.5, 0.6) is 5.75 Å². The topological polar surface area (TPSA) is 44.8 Å². The summed E-state index contributed by atoms with van der Waals surface area (Å²) in [6.45, 7) is 2.35. The third kappa shape index (κ3) is 5.43. The lowest BCUT2D eigenvalue weighted by Crippen LogP contribution is -2.41. The van der Waals surface area contributed by atoms with Gasteiger partial charge in [-0.25, -0.2) is 4.79 Å². The van der Waals surface area contributed by atoms with Crippen LogP contribution >= 0.6 is 0 Å². The van der Waals surface area contributed by atoms with Crippen molar-refractivity contribution < 1.29 is 9.53 Å². The summed E-state index contributed by atoms with van der Waals surface area (Å²) in [5, 5.41) is 3.04. The van der Waals surface area contributed by atoms with Crippen LogP contribution in [0.2, 0.25) is 0 Å². The molecule has 128 valence electrons. The second-order valence-corrected chi connectivity index (χ2v) is 6.37. The third-order valence-corrected chi connectivity index (χ3v) is 4.54. The summed E-state index contributed by atoms with van der Waals surface area (Å²) in [7, 11) is 5.91. The van der Waals surface area contributed by atoms with Crippen molar-refractivity contribution in [3.63, 3.8) is 0 Å². The average molecular weight is 319 g/mol. The molecule has 2 amide bonds. The molecule has 23 heavy (non-hydrogen) atoms. The van der Waals surface area contributed by atoms with Crippen molar-refractivity contribution in [2.75, 3.05) is 40.8 Å². The van der Waals surface area contributed by atoms with E-state index in [1.54, 1.807) is 7.11 Å². The van der Waals surface area contributed by atoms with Gasteiger partial charge in [0.1, 0.15) is 5.75 Å². The molecule has 0 spiro atoms.